The molecule has 1 aromatic carbocycles. The van der Waals surface area contributed by atoms with Crippen molar-refractivity contribution in [3.05, 3.63) is 47.4 Å². The molecule has 1 aliphatic rings. The number of carbonyl (C=O) groups excluding carboxylic acids is 1. The smallest absolute Gasteiger partial charge is 0.315 e. The van der Waals surface area contributed by atoms with Crippen LogP contribution in [0.5, 0.6) is 11.5 Å². The number of nitrogens with one attached hydrogen (secondary N) is 2. The molecule has 0 saturated carbocycles. The van der Waals surface area contributed by atoms with Crippen molar-refractivity contribution in [2.45, 2.75) is 20.0 Å². The van der Waals surface area contributed by atoms with E-state index in [0.29, 0.717) is 18.8 Å². The third-order valence-electron chi connectivity index (χ3n) is 3.30. The number of furan rings is 1. The molecule has 0 bridgehead atoms. The van der Waals surface area contributed by atoms with E-state index in [0.717, 1.165) is 22.6 Å². The minimum absolute atomic E-state index is 0.228. The third-order valence-corrected chi connectivity index (χ3v) is 3.30. The summed E-state index contributed by atoms with van der Waals surface area (Å²) in [4.78, 5) is 11.7. The van der Waals surface area contributed by atoms with E-state index in [-0.39, 0.29) is 12.8 Å². The zero-order valence-electron chi connectivity index (χ0n) is 11.6. The summed E-state index contributed by atoms with van der Waals surface area (Å²) in [6, 6.07) is 7.21. The van der Waals surface area contributed by atoms with Gasteiger partial charge >= 0.3 is 6.03 Å². The van der Waals surface area contributed by atoms with E-state index in [1.54, 1.807) is 6.26 Å². The summed E-state index contributed by atoms with van der Waals surface area (Å²) < 4.78 is 15.7. The highest BCUT2D eigenvalue weighted by molar-refractivity contribution is 5.73. The lowest BCUT2D eigenvalue weighted by atomic mass is 10.2. The van der Waals surface area contributed by atoms with Gasteiger partial charge in [-0.15, -0.1) is 0 Å². The van der Waals surface area contributed by atoms with Gasteiger partial charge in [0.15, 0.2) is 11.5 Å². The number of benzene rings is 1. The number of carbonyl (C=O) groups is 1. The first-order valence-electron chi connectivity index (χ1n) is 6.65. The number of urea groups is 1. The van der Waals surface area contributed by atoms with Gasteiger partial charge in [0, 0.05) is 18.7 Å². The molecule has 2 amide bonds. The van der Waals surface area contributed by atoms with E-state index in [1.807, 2.05) is 31.2 Å². The van der Waals surface area contributed by atoms with E-state index in [1.165, 1.54) is 0 Å². The molecule has 0 radical (unpaired) electrons. The van der Waals surface area contributed by atoms with E-state index in [4.69, 9.17) is 13.9 Å². The molecule has 0 saturated heterocycles. The van der Waals surface area contributed by atoms with Crippen molar-refractivity contribution < 1.29 is 18.7 Å². The average Bonchev–Trinajstić information content (AvgIpc) is 3.11. The third kappa shape index (κ3) is 3.10. The standard InChI is InChI=1S/C15H16N2O4/c1-10-12(4-5-19-10)8-17-15(18)16-7-11-2-3-13-14(6-11)21-9-20-13/h2-6H,7-9H2,1H3,(H2,16,17,18). The minimum atomic E-state index is -0.228. The van der Waals surface area contributed by atoms with Crippen LogP contribution in [0.4, 0.5) is 4.79 Å². The summed E-state index contributed by atoms with van der Waals surface area (Å²) in [5.41, 5.74) is 1.92. The Morgan fingerprint density at radius 1 is 1.14 bits per heavy atom. The highest BCUT2D eigenvalue weighted by Crippen LogP contribution is 2.32. The molecule has 110 valence electrons. The number of ether oxygens (including phenoxy) is 2. The first kappa shape index (κ1) is 13.4. The summed E-state index contributed by atoms with van der Waals surface area (Å²) in [5.74, 6) is 2.26. The highest BCUT2D eigenvalue weighted by Gasteiger charge is 2.13. The Morgan fingerprint density at radius 2 is 1.95 bits per heavy atom. The van der Waals surface area contributed by atoms with Crippen LogP contribution in [0, 0.1) is 6.92 Å². The summed E-state index contributed by atoms with van der Waals surface area (Å²) in [7, 11) is 0. The van der Waals surface area contributed by atoms with Crippen molar-refractivity contribution in [3.8, 4) is 11.5 Å². The first-order valence-corrected chi connectivity index (χ1v) is 6.65. The van der Waals surface area contributed by atoms with Crippen molar-refractivity contribution in [2.24, 2.45) is 0 Å². The molecule has 6 heteroatoms. The second-order valence-electron chi connectivity index (χ2n) is 4.73. The van der Waals surface area contributed by atoms with Crippen LogP contribution in [-0.2, 0) is 13.1 Å². The Labute approximate surface area is 122 Å². The van der Waals surface area contributed by atoms with E-state index in [2.05, 4.69) is 10.6 Å². The Hall–Kier alpha value is -2.63. The molecule has 1 aliphatic heterocycles. The molecule has 0 aliphatic carbocycles. The van der Waals surface area contributed by atoms with E-state index >= 15 is 0 Å². The number of fused-ring (bicyclic) bond motifs is 1. The Morgan fingerprint density at radius 3 is 2.76 bits per heavy atom. The summed E-state index contributed by atoms with van der Waals surface area (Å²) in [5, 5.41) is 5.58. The number of aryl methyl sites for hydroxylation is 1. The van der Waals surface area contributed by atoms with Gasteiger partial charge in [-0.1, -0.05) is 6.07 Å². The molecule has 0 unspecified atom stereocenters. The molecule has 6 nitrogen and oxygen atoms in total. The van der Waals surface area contributed by atoms with Gasteiger partial charge < -0.3 is 24.5 Å². The van der Waals surface area contributed by atoms with Crippen molar-refractivity contribution >= 4 is 6.03 Å². The number of hydrogen-bond donors (Lipinski definition) is 2. The Bertz CT molecular complexity index is 651. The van der Waals surface area contributed by atoms with Gasteiger partial charge in [-0.25, -0.2) is 4.79 Å². The molecular weight excluding hydrogens is 272 g/mol. The zero-order valence-corrected chi connectivity index (χ0v) is 11.6. The van der Waals surface area contributed by atoms with Gasteiger partial charge in [0.25, 0.3) is 0 Å². The molecular formula is C15H16N2O4. The minimum Gasteiger partial charge on any atom is -0.469 e. The molecule has 2 N–H and O–H groups in total. The fourth-order valence-electron chi connectivity index (χ4n) is 2.07. The molecule has 21 heavy (non-hydrogen) atoms. The molecule has 2 heterocycles. The topological polar surface area (TPSA) is 72.7 Å². The molecule has 0 fully saturated rings. The molecule has 0 atom stereocenters. The molecule has 0 spiro atoms. The number of hydrogen-bond acceptors (Lipinski definition) is 4. The maximum absolute atomic E-state index is 11.7. The maximum atomic E-state index is 11.7. The molecule has 3 rings (SSSR count). The van der Waals surface area contributed by atoms with Crippen LogP contribution in [0.2, 0.25) is 0 Å². The molecule has 1 aromatic heterocycles. The van der Waals surface area contributed by atoms with Crippen LogP contribution < -0.4 is 20.1 Å². The fraction of sp³-hybridized carbons (Fsp3) is 0.267. The van der Waals surface area contributed by atoms with Gasteiger partial charge in [0.2, 0.25) is 6.79 Å². The molecule has 2 aromatic rings. The quantitative estimate of drug-likeness (QED) is 0.905. The fourth-order valence-corrected chi connectivity index (χ4v) is 2.07. The van der Waals surface area contributed by atoms with Crippen molar-refractivity contribution in [2.75, 3.05) is 6.79 Å². The van der Waals surface area contributed by atoms with Crippen LogP contribution in [0.1, 0.15) is 16.9 Å². The van der Waals surface area contributed by atoms with Gasteiger partial charge in [-0.05, 0) is 30.7 Å². The van der Waals surface area contributed by atoms with Crippen LogP contribution in [0.3, 0.4) is 0 Å². The number of amides is 2. The Kier molecular flexibility index (Phi) is 3.68. The van der Waals surface area contributed by atoms with Gasteiger partial charge in [0.05, 0.1) is 6.26 Å². The van der Waals surface area contributed by atoms with Gasteiger partial charge in [-0.2, -0.15) is 0 Å². The normalized spacial score (nSPS) is 12.2. The highest BCUT2D eigenvalue weighted by atomic mass is 16.7. The van der Waals surface area contributed by atoms with Crippen molar-refractivity contribution in [1.29, 1.82) is 0 Å². The average molecular weight is 288 g/mol. The van der Waals surface area contributed by atoms with Crippen molar-refractivity contribution in [3.63, 3.8) is 0 Å². The van der Waals surface area contributed by atoms with E-state index in [9.17, 15) is 4.79 Å². The second kappa shape index (κ2) is 5.78. The van der Waals surface area contributed by atoms with Crippen LogP contribution in [-0.4, -0.2) is 12.8 Å². The lowest BCUT2D eigenvalue weighted by Gasteiger charge is -2.08. The monoisotopic (exact) mass is 288 g/mol. The van der Waals surface area contributed by atoms with Crippen LogP contribution in [0.25, 0.3) is 0 Å². The van der Waals surface area contributed by atoms with E-state index < -0.39 is 0 Å². The SMILES string of the molecule is Cc1occc1CNC(=O)NCc1ccc2c(c1)OCO2. The summed E-state index contributed by atoms with van der Waals surface area (Å²) in [6.07, 6.45) is 1.61. The van der Waals surface area contributed by atoms with Gasteiger partial charge in [-0.3, -0.25) is 0 Å². The first-order chi connectivity index (χ1) is 10.2. The second-order valence-corrected chi connectivity index (χ2v) is 4.73. The maximum Gasteiger partial charge on any atom is 0.315 e. The predicted octanol–water partition coefficient (Wildman–Crippen LogP) is 2.32. The largest absolute Gasteiger partial charge is 0.469 e. The lowest BCUT2D eigenvalue weighted by molar-refractivity contribution is 0.174. The number of rotatable bonds is 4. The van der Waals surface area contributed by atoms with Gasteiger partial charge in [0.1, 0.15) is 5.76 Å². The van der Waals surface area contributed by atoms with Crippen LogP contribution >= 0.6 is 0 Å². The van der Waals surface area contributed by atoms with Crippen LogP contribution in [0.15, 0.2) is 34.9 Å². The summed E-state index contributed by atoms with van der Waals surface area (Å²) in [6.45, 7) is 2.97. The van der Waals surface area contributed by atoms with Crippen molar-refractivity contribution in [1.82, 2.24) is 10.6 Å². The Balaban J connectivity index is 1.48. The zero-order chi connectivity index (χ0) is 14.7. The summed E-state index contributed by atoms with van der Waals surface area (Å²) >= 11 is 0. The lowest BCUT2D eigenvalue weighted by Crippen LogP contribution is -2.34. The predicted molar refractivity (Wildman–Crippen MR) is 75.1 cm³/mol.